The molecule has 1 unspecified atom stereocenters. The fourth-order valence-electron chi connectivity index (χ4n) is 1.41. The van der Waals surface area contributed by atoms with Crippen molar-refractivity contribution in [1.29, 1.82) is 0 Å². The van der Waals surface area contributed by atoms with E-state index in [9.17, 15) is 9.90 Å². The largest absolute Gasteiger partial charge is 0.505 e. The van der Waals surface area contributed by atoms with Gasteiger partial charge >= 0.3 is 0 Å². The van der Waals surface area contributed by atoms with Crippen molar-refractivity contribution in [2.24, 2.45) is 0 Å². The standard InChI is InChI=1S/C12H18N2O2S/c1-9(6-8-17-3)14(2)12(16)11-10(15)5-4-7-13-11/h4-5,7,9,15H,6,8H2,1-3H3. The van der Waals surface area contributed by atoms with E-state index in [1.54, 1.807) is 29.8 Å². The lowest BCUT2D eigenvalue weighted by Gasteiger charge is -2.24. The molecule has 0 aliphatic rings. The van der Waals surface area contributed by atoms with E-state index in [2.05, 4.69) is 4.98 Å². The SMILES string of the molecule is CSCCC(C)N(C)C(=O)c1ncccc1O. The molecule has 0 aliphatic carbocycles. The van der Waals surface area contributed by atoms with Gasteiger partial charge in [-0.2, -0.15) is 11.8 Å². The molecule has 94 valence electrons. The average molecular weight is 254 g/mol. The summed E-state index contributed by atoms with van der Waals surface area (Å²) in [5.74, 6) is 0.700. The molecule has 1 rings (SSSR count). The topological polar surface area (TPSA) is 53.4 Å². The first-order valence-corrected chi connectivity index (χ1v) is 6.87. The van der Waals surface area contributed by atoms with Crippen LogP contribution in [0.15, 0.2) is 18.3 Å². The van der Waals surface area contributed by atoms with E-state index in [-0.39, 0.29) is 23.4 Å². The Bertz CT molecular complexity index is 385. The molecule has 1 N–H and O–H groups in total. The van der Waals surface area contributed by atoms with Crippen LogP contribution in [-0.4, -0.2) is 46.0 Å². The van der Waals surface area contributed by atoms with Crippen molar-refractivity contribution in [3.63, 3.8) is 0 Å². The first kappa shape index (κ1) is 13.8. The molecule has 17 heavy (non-hydrogen) atoms. The molecule has 1 heterocycles. The second-order valence-electron chi connectivity index (χ2n) is 3.92. The second-order valence-corrected chi connectivity index (χ2v) is 4.90. The number of hydrogen-bond acceptors (Lipinski definition) is 4. The highest BCUT2D eigenvalue weighted by Gasteiger charge is 2.20. The second kappa shape index (κ2) is 6.49. The third-order valence-corrected chi connectivity index (χ3v) is 3.35. The highest BCUT2D eigenvalue weighted by molar-refractivity contribution is 7.98. The summed E-state index contributed by atoms with van der Waals surface area (Å²) in [7, 11) is 1.74. The fourth-order valence-corrected chi connectivity index (χ4v) is 1.99. The van der Waals surface area contributed by atoms with Crippen LogP contribution in [0.3, 0.4) is 0 Å². The van der Waals surface area contributed by atoms with Gasteiger partial charge in [0.15, 0.2) is 5.69 Å². The molecule has 0 aromatic carbocycles. The van der Waals surface area contributed by atoms with E-state index in [4.69, 9.17) is 0 Å². The first-order valence-electron chi connectivity index (χ1n) is 5.48. The van der Waals surface area contributed by atoms with Gasteiger partial charge in [-0.05, 0) is 37.5 Å². The van der Waals surface area contributed by atoms with Gasteiger partial charge in [-0.15, -0.1) is 0 Å². The molecule has 1 aromatic rings. The summed E-state index contributed by atoms with van der Waals surface area (Å²) in [6, 6.07) is 3.21. The molecule has 0 radical (unpaired) electrons. The smallest absolute Gasteiger partial charge is 0.276 e. The zero-order chi connectivity index (χ0) is 12.8. The Morgan fingerprint density at radius 1 is 1.65 bits per heavy atom. The third kappa shape index (κ3) is 3.63. The first-order chi connectivity index (χ1) is 8.07. The maximum atomic E-state index is 12.1. The van der Waals surface area contributed by atoms with E-state index in [0.717, 1.165) is 12.2 Å². The lowest BCUT2D eigenvalue weighted by molar-refractivity contribution is 0.0732. The quantitative estimate of drug-likeness (QED) is 0.873. The van der Waals surface area contributed by atoms with Gasteiger partial charge in [0.2, 0.25) is 0 Å². The van der Waals surface area contributed by atoms with E-state index in [1.165, 1.54) is 12.3 Å². The number of hydrogen-bond donors (Lipinski definition) is 1. The van der Waals surface area contributed by atoms with Crippen molar-refractivity contribution < 1.29 is 9.90 Å². The number of thioether (sulfide) groups is 1. The Balaban J connectivity index is 2.73. The Morgan fingerprint density at radius 3 is 2.94 bits per heavy atom. The summed E-state index contributed by atoms with van der Waals surface area (Å²) in [6.07, 6.45) is 4.48. The predicted octanol–water partition coefficient (Wildman–Crippen LogP) is 2.00. The van der Waals surface area contributed by atoms with Crippen LogP contribution in [0.4, 0.5) is 0 Å². The molecule has 0 saturated heterocycles. The van der Waals surface area contributed by atoms with Crippen molar-refractivity contribution in [2.45, 2.75) is 19.4 Å². The van der Waals surface area contributed by atoms with Gasteiger partial charge in [-0.25, -0.2) is 4.98 Å². The van der Waals surface area contributed by atoms with Gasteiger partial charge in [-0.1, -0.05) is 0 Å². The zero-order valence-electron chi connectivity index (χ0n) is 10.4. The molecule has 0 spiro atoms. The van der Waals surface area contributed by atoms with Gasteiger partial charge in [0, 0.05) is 19.3 Å². The molecular formula is C12H18N2O2S. The van der Waals surface area contributed by atoms with Crippen molar-refractivity contribution in [1.82, 2.24) is 9.88 Å². The minimum Gasteiger partial charge on any atom is -0.505 e. The number of pyridine rings is 1. The number of aromatic nitrogens is 1. The van der Waals surface area contributed by atoms with Gasteiger partial charge < -0.3 is 10.0 Å². The van der Waals surface area contributed by atoms with Crippen molar-refractivity contribution in [3.8, 4) is 5.75 Å². The Kier molecular flexibility index (Phi) is 5.28. The van der Waals surface area contributed by atoms with Gasteiger partial charge in [0.1, 0.15) is 5.75 Å². The minimum atomic E-state index is -0.239. The summed E-state index contributed by atoms with van der Waals surface area (Å²) in [4.78, 5) is 17.6. The Hall–Kier alpha value is -1.23. The molecule has 1 amide bonds. The van der Waals surface area contributed by atoms with Crippen LogP contribution < -0.4 is 0 Å². The van der Waals surface area contributed by atoms with Crippen LogP contribution >= 0.6 is 11.8 Å². The summed E-state index contributed by atoms with van der Waals surface area (Å²) in [5, 5.41) is 9.57. The van der Waals surface area contributed by atoms with Crippen molar-refractivity contribution in [3.05, 3.63) is 24.0 Å². The molecular weight excluding hydrogens is 236 g/mol. The predicted molar refractivity (Wildman–Crippen MR) is 70.5 cm³/mol. The van der Waals surface area contributed by atoms with Gasteiger partial charge in [0.05, 0.1) is 0 Å². The van der Waals surface area contributed by atoms with Crippen molar-refractivity contribution in [2.75, 3.05) is 19.1 Å². The number of carbonyl (C=O) groups is 1. The zero-order valence-corrected chi connectivity index (χ0v) is 11.2. The summed E-state index contributed by atoms with van der Waals surface area (Å²) in [6.45, 7) is 1.99. The molecule has 4 nitrogen and oxygen atoms in total. The van der Waals surface area contributed by atoms with Crippen LogP contribution in [0.2, 0.25) is 0 Å². The van der Waals surface area contributed by atoms with E-state index < -0.39 is 0 Å². The lowest BCUT2D eigenvalue weighted by Crippen LogP contribution is -2.35. The molecule has 0 aliphatic heterocycles. The highest BCUT2D eigenvalue weighted by Crippen LogP contribution is 2.16. The van der Waals surface area contributed by atoms with Crippen LogP contribution in [-0.2, 0) is 0 Å². The molecule has 1 atom stereocenters. The number of aromatic hydroxyl groups is 1. The normalized spacial score (nSPS) is 12.2. The average Bonchev–Trinajstić information content (AvgIpc) is 2.34. The fraction of sp³-hybridized carbons (Fsp3) is 0.500. The summed E-state index contributed by atoms with van der Waals surface area (Å²) >= 11 is 1.76. The monoisotopic (exact) mass is 254 g/mol. The molecule has 0 saturated carbocycles. The third-order valence-electron chi connectivity index (χ3n) is 2.71. The lowest BCUT2D eigenvalue weighted by atomic mass is 10.2. The van der Waals surface area contributed by atoms with Crippen molar-refractivity contribution >= 4 is 17.7 Å². The van der Waals surface area contributed by atoms with Gasteiger partial charge in [0.25, 0.3) is 5.91 Å². The van der Waals surface area contributed by atoms with Crippen LogP contribution in [0.5, 0.6) is 5.75 Å². The summed E-state index contributed by atoms with van der Waals surface area (Å²) in [5.41, 5.74) is 0.117. The highest BCUT2D eigenvalue weighted by atomic mass is 32.2. The maximum absolute atomic E-state index is 12.1. The van der Waals surface area contributed by atoms with E-state index >= 15 is 0 Å². The summed E-state index contributed by atoms with van der Waals surface area (Å²) < 4.78 is 0. The number of rotatable bonds is 5. The molecule has 0 fully saturated rings. The maximum Gasteiger partial charge on any atom is 0.276 e. The Morgan fingerprint density at radius 2 is 2.35 bits per heavy atom. The van der Waals surface area contributed by atoms with Gasteiger partial charge in [-0.3, -0.25) is 4.79 Å². The number of nitrogens with zero attached hydrogens (tertiary/aromatic N) is 2. The molecule has 0 bridgehead atoms. The van der Waals surface area contributed by atoms with E-state index in [1.807, 2.05) is 13.2 Å². The van der Waals surface area contributed by atoms with E-state index in [0.29, 0.717) is 0 Å². The number of amides is 1. The van der Waals surface area contributed by atoms with Crippen LogP contribution in [0.25, 0.3) is 0 Å². The van der Waals surface area contributed by atoms with Crippen LogP contribution in [0.1, 0.15) is 23.8 Å². The molecule has 1 aromatic heterocycles. The molecule has 5 heteroatoms. The minimum absolute atomic E-state index is 0.0681. The Labute approximate surface area is 106 Å². The van der Waals surface area contributed by atoms with Crippen LogP contribution in [0, 0.1) is 0 Å². The number of carbonyl (C=O) groups excluding carboxylic acids is 1.